The number of hydrogen-bond donors (Lipinski definition) is 1. The molecule has 1 nitrogen and oxygen atoms in total. The smallest absolute Gasteiger partial charge is 0.0102 e. The summed E-state index contributed by atoms with van der Waals surface area (Å²) < 4.78 is 0. The van der Waals surface area contributed by atoms with E-state index < -0.39 is 0 Å². The van der Waals surface area contributed by atoms with Gasteiger partial charge in [-0.05, 0) is 54.8 Å². The summed E-state index contributed by atoms with van der Waals surface area (Å²) in [6.45, 7) is 25.8. The molecule has 0 radical (unpaired) electrons. The number of nitrogens with two attached hydrogens (primary N) is 1. The second-order valence-electron chi connectivity index (χ2n) is 11.0. The van der Waals surface area contributed by atoms with Crippen molar-refractivity contribution in [3.8, 4) is 0 Å². The summed E-state index contributed by atoms with van der Waals surface area (Å²) in [5, 5.41) is 0. The molecule has 0 aromatic heterocycles. The van der Waals surface area contributed by atoms with Crippen LogP contribution in [0, 0.1) is 21.7 Å². The molecular formula is C19H41N. The predicted octanol–water partition coefficient (Wildman–Crippen LogP) is 6.02. The van der Waals surface area contributed by atoms with Gasteiger partial charge < -0.3 is 5.73 Å². The van der Waals surface area contributed by atoms with Crippen molar-refractivity contribution in [3.63, 3.8) is 0 Å². The highest BCUT2D eigenvalue weighted by molar-refractivity contribution is 4.94. The van der Waals surface area contributed by atoms with Crippen molar-refractivity contribution in [1.29, 1.82) is 0 Å². The fourth-order valence-electron chi connectivity index (χ4n) is 4.30. The second kappa shape index (κ2) is 5.63. The molecule has 0 atom stereocenters. The standard InChI is InChI=1S/C19H41N/c1-15(2,3)12-17(6,7)18(8,9)13-16(4,5)14-19(10,11)20/h12-14,20H2,1-11H3. The maximum absolute atomic E-state index is 6.25. The van der Waals surface area contributed by atoms with Crippen LogP contribution in [0.2, 0.25) is 0 Å². The van der Waals surface area contributed by atoms with Gasteiger partial charge in [0.1, 0.15) is 0 Å². The van der Waals surface area contributed by atoms with E-state index in [-0.39, 0.29) is 11.0 Å². The van der Waals surface area contributed by atoms with Crippen molar-refractivity contribution >= 4 is 0 Å². The molecule has 0 aromatic rings. The van der Waals surface area contributed by atoms with Crippen LogP contribution in [0.15, 0.2) is 0 Å². The minimum atomic E-state index is -0.0895. The number of hydrogen-bond acceptors (Lipinski definition) is 1. The summed E-state index contributed by atoms with van der Waals surface area (Å²) in [6, 6.07) is 0. The van der Waals surface area contributed by atoms with Gasteiger partial charge >= 0.3 is 0 Å². The normalized spacial score (nSPS) is 15.6. The molecule has 0 aliphatic heterocycles. The molecule has 122 valence electrons. The van der Waals surface area contributed by atoms with Gasteiger partial charge in [0.15, 0.2) is 0 Å². The van der Waals surface area contributed by atoms with Crippen molar-refractivity contribution in [2.45, 2.75) is 101 Å². The third-order valence-electron chi connectivity index (χ3n) is 4.66. The third-order valence-corrected chi connectivity index (χ3v) is 4.66. The van der Waals surface area contributed by atoms with Crippen LogP contribution in [0.1, 0.15) is 95.4 Å². The molecule has 0 unspecified atom stereocenters. The zero-order valence-corrected chi connectivity index (χ0v) is 16.2. The number of rotatable bonds is 6. The van der Waals surface area contributed by atoms with Gasteiger partial charge in [-0.2, -0.15) is 0 Å². The van der Waals surface area contributed by atoms with E-state index >= 15 is 0 Å². The van der Waals surface area contributed by atoms with E-state index in [0.717, 1.165) is 6.42 Å². The third kappa shape index (κ3) is 7.11. The topological polar surface area (TPSA) is 26.0 Å². The van der Waals surface area contributed by atoms with Crippen LogP contribution in [0.3, 0.4) is 0 Å². The molecule has 0 aliphatic carbocycles. The van der Waals surface area contributed by atoms with Crippen LogP contribution in [0.25, 0.3) is 0 Å². The first-order chi connectivity index (χ1) is 8.37. The van der Waals surface area contributed by atoms with Crippen LogP contribution in [-0.4, -0.2) is 5.54 Å². The quantitative estimate of drug-likeness (QED) is 0.634. The molecule has 0 saturated carbocycles. The molecule has 0 amide bonds. The molecule has 1 heteroatoms. The predicted molar refractivity (Wildman–Crippen MR) is 92.9 cm³/mol. The zero-order chi connectivity index (χ0) is 16.6. The van der Waals surface area contributed by atoms with Gasteiger partial charge in [0, 0.05) is 5.54 Å². The van der Waals surface area contributed by atoms with Crippen LogP contribution < -0.4 is 5.73 Å². The van der Waals surface area contributed by atoms with Crippen LogP contribution in [0.5, 0.6) is 0 Å². The second-order valence-corrected chi connectivity index (χ2v) is 11.0. The molecular weight excluding hydrogens is 242 g/mol. The molecule has 0 heterocycles. The van der Waals surface area contributed by atoms with Crippen molar-refractivity contribution < 1.29 is 0 Å². The summed E-state index contributed by atoms with van der Waals surface area (Å²) in [7, 11) is 0. The molecule has 2 N–H and O–H groups in total. The van der Waals surface area contributed by atoms with Crippen LogP contribution >= 0.6 is 0 Å². The molecule has 0 saturated heterocycles. The lowest BCUT2D eigenvalue weighted by molar-refractivity contribution is 0.0118. The molecule has 20 heavy (non-hydrogen) atoms. The van der Waals surface area contributed by atoms with E-state index in [2.05, 4.69) is 76.2 Å². The lowest BCUT2D eigenvalue weighted by atomic mass is 9.56. The van der Waals surface area contributed by atoms with E-state index in [1.165, 1.54) is 12.8 Å². The van der Waals surface area contributed by atoms with Gasteiger partial charge in [-0.3, -0.25) is 0 Å². The first-order valence-corrected chi connectivity index (χ1v) is 8.16. The monoisotopic (exact) mass is 283 g/mol. The summed E-state index contributed by atoms with van der Waals surface area (Å²) in [6.07, 6.45) is 3.52. The van der Waals surface area contributed by atoms with Gasteiger partial charge in [0.2, 0.25) is 0 Å². The van der Waals surface area contributed by atoms with E-state index in [4.69, 9.17) is 5.73 Å². The highest BCUT2D eigenvalue weighted by Gasteiger charge is 2.43. The molecule has 0 fully saturated rings. The van der Waals surface area contributed by atoms with Crippen LogP contribution in [0.4, 0.5) is 0 Å². The average Bonchev–Trinajstić information content (AvgIpc) is 1.88. The molecule has 0 aliphatic rings. The Morgan fingerprint density at radius 3 is 1.20 bits per heavy atom. The summed E-state index contributed by atoms with van der Waals surface area (Å²) in [5.41, 5.74) is 7.43. The Bertz CT molecular complexity index is 308. The van der Waals surface area contributed by atoms with Crippen molar-refractivity contribution in [2.24, 2.45) is 27.4 Å². The van der Waals surface area contributed by atoms with Gasteiger partial charge in [-0.1, -0.05) is 62.3 Å². The SMILES string of the molecule is CC(C)(C)CC(C)(C)C(C)(C)CC(C)(C)CC(C)(C)N. The minimum absolute atomic E-state index is 0.0895. The minimum Gasteiger partial charge on any atom is -0.326 e. The maximum atomic E-state index is 6.25. The van der Waals surface area contributed by atoms with Gasteiger partial charge in [-0.25, -0.2) is 0 Å². The molecule has 0 bridgehead atoms. The summed E-state index contributed by atoms with van der Waals surface area (Å²) >= 11 is 0. The fraction of sp³-hybridized carbons (Fsp3) is 1.00. The zero-order valence-electron chi connectivity index (χ0n) is 16.2. The average molecular weight is 284 g/mol. The Labute approximate surface area is 129 Å². The van der Waals surface area contributed by atoms with Crippen molar-refractivity contribution in [1.82, 2.24) is 0 Å². The lowest BCUT2D eigenvalue weighted by Crippen LogP contribution is -2.43. The Morgan fingerprint density at radius 2 is 0.900 bits per heavy atom. The molecule has 0 spiro atoms. The largest absolute Gasteiger partial charge is 0.326 e. The van der Waals surface area contributed by atoms with E-state index in [1.54, 1.807) is 0 Å². The van der Waals surface area contributed by atoms with Gasteiger partial charge in [-0.15, -0.1) is 0 Å². The Morgan fingerprint density at radius 1 is 0.550 bits per heavy atom. The van der Waals surface area contributed by atoms with Gasteiger partial charge in [0.25, 0.3) is 0 Å². The fourth-order valence-corrected chi connectivity index (χ4v) is 4.30. The molecule has 0 rings (SSSR count). The maximum Gasteiger partial charge on any atom is 0.0102 e. The van der Waals surface area contributed by atoms with Crippen molar-refractivity contribution in [3.05, 3.63) is 0 Å². The summed E-state index contributed by atoms with van der Waals surface area (Å²) in [4.78, 5) is 0. The van der Waals surface area contributed by atoms with Crippen LogP contribution in [-0.2, 0) is 0 Å². The van der Waals surface area contributed by atoms with Gasteiger partial charge in [0.05, 0.1) is 0 Å². The Balaban J connectivity index is 5.05. The van der Waals surface area contributed by atoms with E-state index in [0.29, 0.717) is 16.2 Å². The first-order valence-electron chi connectivity index (χ1n) is 8.16. The summed E-state index contributed by atoms with van der Waals surface area (Å²) in [5.74, 6) is 0. The highest BCUT2D eigenvalue weighted by atomic mass is 14.7. The first kappa shape index (κ1) is 20.0. The van der Waals surface area contributed by atoms with E-state index in [9.17, 15) is 0 Å². The van der Waals surface area contributed by atoms with Crippen molar-refractivity contribution in [2.75, 3.05) is 0 Å². The van der Waals surface area contributed by atoms with E-state index in [1.807, 2.05) is 0 Å². The lowest BCUT2D eigenvalue weighted by Gasteiger charge is -2.49. The Hall–Kier alpha value is -0.0400. The Kier molecular flexibility index (Phi) is 5.62. The molecule has 0 aromatic carbocycles. The highest BCUT2D eigenvalue weighted by Crippen LogP contribution is 2.52.